The Morgan fingerprint density at radius 2 is 2.06 bits per heavy atom. The number of carbonyl (C=O) groups is 1. The Bertz CT molecular complexity index is 1070. The fourth-order valence-electron chi connectivity index (χ4n) is 3.50. The topological polar surface area (TPSA) is 80.2 Å². The van der Waals surface area contributed by atoms with Gasteiger partial charge in [0.05, 0.1) is 37.2 Å². The first-order chi connectivity index (χ1) is 15.1. The number of nitrogens with zero attached hydrogens (tertiary/aromatic N) is 5. The second-order valence-corrected chi connectivity index (χ2v) is 7.04. The number of rotatable bonds is 7. The molecule has 1 aliphatic heterocycles. The highest BCUT2D eigenvalue weighted by Gasteiger charge is 2.37. The minimum Gasteiger partial charge on any atom is -0.491 e. The standard InChI is InChI=1S/C21H22F3N5O3/c1-12(10-28(25-3)11-21(22,23)24)29-13(2)18-15(20(29)30)6-7-16(27-18)14-8-17(31-4)19(32-5)26-9-14/h6-10,13H,3,11H2,1-2,4-5H3/b12-10+. The van der Waals surface area contributed by atoms with Crippen molar-refractivity contribution in [1.82, 2.24) is 19.9 Å². The van der Waals surface area contributed by atoms with Gasteiger partial charge < -0.3 is 14.4 Å². The predicted molar refractivity (Wildman–Crippen MR) is 111 cm³/mol. The molecule has 0 aliphatic carbocycles. The molecule has 1 aliphatic rings. The number of hydrazone groups is 1. The lowest BCUT2D eigenvalue weighted by molar-refractivity contribution is -0.140. The van der Waals surface area contributed by atoms with Crippen molar-refractivity contribution in [2.45, 2.75) is 26.1 Å². The van der Waals surface area contributed by atoms with Crippen molar-refractivity contribution in [3.05, 3.63) is 47.6 Å². The van der Waals surface area contributed by atoms with E-state index in [1.807, 2.05) is 0 Å². The summed E-state index contributed by atoms with van der Waals surface area (Å²) in [5.74, 6) is 0.396. The zero-order valence-corrected chi connectivity index (χ0v) is 18.0. The van der Waals surface area contributed by atoms with Crippen LogP contribution < -0.4 is 9.47 Å². The smallest absolute Gasteiger partial charge is 0.408 e. The number of hydrogen-bond acceptors (Lipinski definition) is 7. The molecule has 8 nitrogen and oxygen atoms in total. The molecule has 1 unspecified atom stereocenters. The van der Waals surface area contributed by atoms with Gasteiger partial charge in [-0.3, -0.25) is 9.80 Å². The van der Waals surface area contributed by atoms with E-state index in [1.54, 1.807) is 31.3 Å². The summed E-state index contributed by atoms with van der Waals surface area (Å²) in [7, 11) is 2.97. The number of methoxy groups -OCH3 is 2. The first-order valence-electron chi connectivity index (χ1n) is 9.51. The van der Waals surface area contributed by atoms with E-state index in [4.69, 9.17) is 9.47 Å². The van der Waals surface area contributed by atoms with Crippen LogP contribution in [0.5, 0.6) is 11.6 Å². The lowest BCUT2D eigenvalue weighted by atomic mass is 10.1. The normalized spacial score (nSPS) is 16.1. The Morgan fingerprint density at radius 3 is 2.66 bits per heavy atom. The highest BCUT2D eigenvalue weighted by atomic mass is 19.4. The first kappa shape index (κ1) is 23.0. The summed E-state index contributed by atoms with van der Waals surface area (Å²) in [6, 6.07) is 4.53. The van der Waals surface area contributed by atoms with Gasteiger partial charge >= 0.3 is 6.18 Å². The van der Waals surface area contributed by atoms with Crippen molar-refractivity contribution in [3.8, 4) is 22.9 Å². The van der Waals surface area contributed by atoms with E-state index in [9.17, 15) is 18.0 Å². The van der Waals surface area contributed by atoms with Gasteiger partial charge in [0.15, 0.2) is 5.75 Å². The average Bonchev–Trinajstić information content (AvgIpc) is 3.01. The molecule has 0 bridgehead atoms. The summed E-state index contributed by atoms with van der Waals surface area (Å²) in [5, 5.41) is 4.02. The Morgan fingerprint density at radius 1 is 1.34 bits per heavy atom. The summed E-state index contributed by atoms with van der Waals surface area (Å²) in [6.45, 7) is 5.14. The third-order valence-corrected chi connectivity index (χ3v) is 4.92. The molecule has 0 saturated heterocycles. The third kappa shape index (κ3) is 4.51. The van der Waals surface area contributed by atoms with E-state index >= 15 is 0 Å². The van der Waals surface area contributed by atoms with Gasteiger partial charge in [-0.25, -0.2) is 9.97 Å². The fraction of sp³-hybridized carbons (Fsp3) is 0.333. The highest BCUT2D eigenvalue weighted by Crippen LogP contribution is 2.37. The van der Waals surface area contributed by atoms with Crippen molar-refractivity contribution < 1.29 is 27.4 Å². The summed E-state index contributed by atoms with van der Waals surface area (Å²) in [6.07, 6.45) is -1.75. The molecule has 0 aromatic carbocycles. The maximum absolute atomic E-state index is 12.9. The minimum absolute atomic E-state index is 0.284. The molecule has 1 atom stereocenters. The Kier molecular flexibility index (Phi) is 6.37. The molecule has 11 heteroatoms. The maximum Gasteiger partial charge on any atom is 0.408 e. The second kappa shape index (κ2) is 8.85. The van der Waals surface area contributed by atoms with Crippen molar-refractivity contribution in [2.24, 2.45) is 5.10 Å². The van der Waals surface area contributed by atoms with E-state index in [0.717, 1.165) is 6.20 Å². The van der Waals surface area contributed by atoms with Gasteiger partial charge in [-0.15, -0.1) is 0 Å². The number of ether oxygens (including phenoxy) is 2. The molecule has 0 saturated carbocycles. The lowest BCUT2D eigenvalue weighted by Gasteiger charge is -2.24. The number of amides is 1. The number of aromatic nitrogens is 2. The van der Waals surface area contributed by atoms with Gasteiger partial charge in [0.2, 0.25) is 0 Å². The van der Waals surface area contributed by atoms with Crippen molar-refractivity contribution in [3.63, 3.8) is 0 Å². The molecule has 0 fully saturated rings. The monoisotopic (exact) mass is 449 g/mol. The predicted octanol–water partition coefficient (Wildman–Crippen LogP) is 4.02. The van der Waals surface area contributed by atoms with E-state index in [2.05, 4.69) is 21.8 Å². The van der Waals surface area contributed by atoms with Crippen LogP contribution in [0.4, 0.5) is 13.2 Å². The fourth-order valence-corrected chi connectivity index (χ4v) is 3.50. The molecule has 0 radical (unpaired) electrons. The zero-order valence-electron chi connectivity index (χ0n) is 18.0. The van der Waals surface area contributed by atoms with Gasteiger partial charge in [0.25, 0.3) is 11.8 Å². The molecule has 2 aromatic rings. The number of carbonyl (C=O) groups excluding carboxylic acids is 1. The number of allylic oxidation sites excluding steroid dienone is 1. The zero-order chi connectivity index (χ0) is 23.6. The molecular weight excluding hydrogens is 427 g/mol. The Labute approximate surface area is 183 Å². The molecule has 170 valence electrons. The second-order valence-electron chi connectivity index (χ2n) is 7.04. The first-order valence-corrected chi connectivity index (χ1v) is 9.51. The molecule has 0 N–H and O–H groups in total. The average molecular weight is 449 g/mol. The lowest BCUT2D eigenvalue weighted by Crippen LogP contribution is -2.30. The summed E-state index contributed by atoms with van der Waals surface area (Å²) in [4.78, 5) is 23.1. The van der Waals surface area contributed by atoms with Crippen LogP contribution in [0.15, 0.2) is 41.4 Å². The van der Waals surface area contributed by atoms with Crippen LogP contribution in [-0.2, 0) is 0 Å². The minimum atomic E-state index is -4.47. The van der Waals surface area contributed by atoms with Crippen molar-refractivity contribution in [1.29, 1.82) is 0 Å². The number of fused-ring (bicyclic) bond motifs is 1. The SMILES string of the molecule is C=NN(/C=C(\C)N1C(=O)c2ccc(-c3cnc(OC)c(OC)c3)nc2C1C)CC(F)(F)F. The molecule has 0 spiro atoms. The van der Waals surface area contributed by atoms with Gasteiger partial charge in [-0.2, -0.15) is 18.3 Å². The summed E-state index contributed by atoms with van der Waals surface area (Å²) >= 11 is 0. The van der Waals surface area contributed by atoms with Crippen LogP contribution in [0.25, 0.3) is 11.3 Å². The van der Waals surface area contributed by atoms with Gasteiger partial charge in [0.1, 0.15) is 6.54 Å². The van der Waals surface area contributed by atoms with Crippen molar-refractivity contribution in [2.75, 3.05) is 20.8 Å². The quantitative estimate of drug-likeness (QED) is 0.469. The van der Waals surface area contributed by atoms with Crippen LogP contribution in [0, 0.1) is 0 Å². The van der Waals surface area contributed by atoms with E-state index in [-0.39, 0.29) is 11.6 Å². The van der Waals surface area contributed by atoms with Crippen LogP contribution in [0.3, 0.4) is 0 Å². The number of pyridine rings is 2. The summed E-state index contributed by atoms with van der Waals surface area (Å²) < 4.78 is 48.6. The number of hydrogen-bond donors (Lipinski definition) is 0. The van der Waals surface area contributed by atoms with Gasteiger partial charge in [0, 0.05) is 30.4 Å². The molecule has 3 heterocycles. The number of alkyl halides is 3. The largest absolute Gasteiger partial charge is 0.491 e. The highest BCUT2D eigenvalue weighted by molar-refractivity contribution is 6.00. The maximum atomic E-state index is 12.9. The van der Waals surface area contributed by atoms with Crippen LogP contribution in [0.1, 0.15) is 35.9 Å². The Balaban J connectivity index is 1.93. The third-order valence-electron chi connectivity index (χ3n) is 4.92. The van der Waals surface area contributed by atoms with Crippen molar-refractivity contribution >= 4 is 12.6 Å². The van der Waals surface area contributed by atoms with E-state index in [0.29, 0.717) is 39.2 Å². The van der Waals surface area contributed by atoms with Crippen LogP contribution in [-0.4, -0.2) is 59.4 Å². The molecule has 1 amide bonds. The van der Waals surface area contributed by atoms with Crippen LogP contribution in [0.2, 0.25) is 0 Å². The molecule has 32 heavy (non-hydrogen) atoms. The number of halogens is 3. The van der Waals surface area contributed by atoms with Gasteiger partial charge in [-0.05, 0) is 32.0 Å². The van der Waals surface area contributed by atoms with E-state index in [1.165, 1.54) is 26.0 Å². The molecule has 2 aromatic heterocycles. The van der Waals surface area contributed by atoms with Gasteiger partial charge in [-0.1, -0.05) is 0 Å². The van der Waals surface area contributed by atoms with E-state index < -0.39 is 18.8 Å². The van der Waals surface area contributed by atoms with Crippen LogP contribution >= 0.6 is 0 Å². The summed E-state index contributed by atoms with van der Waals surface area (Å²) in [5.41, 5.74) is 2.38. The molecule has 3 rings (SSSR count). The molecular formula is C21H22F3N5O3. The Hall–Kier alpha value is -3.63.